The SMILES string of the molecule is O=C(c1ccc[nH]1)N1CCCCC1c1ncn[nH]1. The summed E-state index contributed by atoms with van der Waals surface area (Å²) < 4.78 is 0. The number of piperidine rings is 1. The van der Waals surface area contributed by atoms with Crippen molar-refractivity contribution < 1.29 is 4.79 Å². The van der Waals surface area contributed by atoms with Crippen LogP contribution in [0.4, 0.5) is 0 Å². The molecule has 1 amide bonds. The molecule has 0 spiro atoms. The van der Waals surface area contributed by atoms with Crippen LogP contribution >= 0.6 is 0 Å². The van der Waals surface area contributed by atoms with E-state index < -0.39 is 0 Å². The fourth-order valence-electron chi connectivity index (χ4n) is 2.45. The normalized spacial score (nSPS) is 20.0. The highest BCUT2D eigenvalue weighted by Gasteiger charge is 2.30. The number of carbonyl (C=O) groups excluding carboxylic acids is 1. The van der Waals surface area contributed by atoms with Crippen LogP contribution in [0, 0.1) is 0 Å². The minimum Gasteiger partial charge on any atom is -0.357 e. The lowest BCUT2D eigenvalue weighted by atomic mass is 10.0. The van der Waals surface area contributed by atoms with Crippen LogP contribution in [0.1, 0.15) is 41.6 Å². The minimum atomic E-state index is 0.0112. The number of nitrogens with one attached hydrogen (secondary N) is 2. The van der Waals surface area contributed by atoms with Crippen LogP contribution in [0.25, 0.3) is 0 Å². The molecule has 0 bridgehead atoms. The summed E-state index contributed by atoms with van der Waals surface area (Å²) in [4.78, 5) is 21.4. The lowest BCUT2D eigenvalue weighted by molar-refractivity contribution is 0.0595. The second-order valence-electron chi connectivity index (χ2n) is 4.46. The van der Waals surface area contributed by atoms with Crippen LogP contribution in [0.5, 0.6) is 0 Å². The van der Waals surface area contributed by atoms with Gasteiger partial charge in [0.25, 0.3) is 5.91 Å². The first-order valence-corrected chi connectivity index (χ1v) is 6.16. The molecule has 1 atom stereocenters. The van der Waals surface area contributed by atoms with Crippen molar-refractivity contribution in [2.24, 2.45) is 0 Å². The van der Waals surface area contributed by atoms with Crippen LogP contribution < -0.4 is 0 Å². The largest absolute Gasteiger partial charge is 0.357 e. The van der Waals surface area contributed by atoms with Crippen molar-refractivity contribution in [2.45, 2.75) is 25.3 Å². The molecule has 0 radical (unpaired) electrons. The average molecular weight is 245 g/mol. The van der Waals surface area contributed by atoms with Crippen molar-refractivity contribution in [1.82, 2.24) is 25.1 Å². The zero-order valence-electron chi connectivity index (χ0n) is 9.97. The molecular formula is C12H15N5O. The van der Waals surface area contributed by atoms with Crippen LogP contribution in [0.3, 0.4) is 0 Å². The van der Waals surface area contributed by atoms with E-state index in [2.05, 4.69) is 20.2 Å². The van der Waals surface area contributed by atoms with Gasteiger partial charge in [-0.3, -0.25) is 9.89 Å². The molecule has 3 rings (SSSR count). The number of hydrogen-bond acceptors (Lipinski definition) is 3. The van der Waals surface area contributed by atoms with Gasteiger partial charge >= 0.3 is 0 Å². The number of aromatic nitrogens is 4. The first kappa shape index (κ1) is 11.0. The maximum absolute atomic E-state index is 12.4. The van der Waals surface area contributed by atoms with Gasteiger partial charge in [0.05, 0.1) is 6.04 Å². The summed E-state index contributed by atoms with van der Waals surface area (Å²) in [7, 11) is 0. The number of carbonyl (C=O) groups is 1. The smallest absolute Gasteiger partial charge is 0.270 e. The molecule has 6 nitrogen and oxygen atoms in total. The maximum Gasteiger partial charge on any atom is 0.270 e. The molecule has 1 saturated heterocycles. The van der Waals surface area contributed by atoms with Crippen molar-refractivity contribution in [3.05, 3.63) is 36.2 Å². The topological polar surface area (TPSA) is 77.7 Å². The number of amides is 1. The van der Waals surface area contributed by atoms with Crippen LogP contribution in [-0.2, 0) is 0 Å². The molecule has 3 heterocycles. The zero-order valence-corrected chi connectivity index (χ0v) is 9.97. The molecule has 94 valence electrons. The molecule has 2 N–H and O–H groups in total. The van der Waals surface area contributed by atoms with E-state index in [4.69, 9.17) is 0 Å². The van der Waals surface area contributed by atoms with Crippen molar-refractivity contribution >= 4 is 5.91 Å². The molecule has 1 unspecified atom stereocenters. The standard InChI is InChI=1S/C12H15N5O/c18-12(9-4-3-6-13-9)17-7-2-1-5-10(17)11-14-8-15-16-11/h3-4,6,8,10,13H,1-2,5,7H2,(H,14,15,16). The molecule has 0 aromatic carbocycles. The number of rotatable bonds is 2. The third-order valence-corrected chi connectivity index (χ3v) is 3.34. The number of hydrogen-bond donors (Lipinski definition) is 2. The van der Waals surface area contributed by atoms with Crippen LogP contribution in [-0.4, -0.2) is 37.5 Å². The van der Waals surface area contributed by atoms with Gasteiger partial charge in [-0.25, -0.2) is 4.98 Å². The fraction of sp³-hybridized carbons (Fsp3) is 0.417. The van der Waals surface area contributed by atoms with E-state index in [1.165, 1.54) is 6.33 Å². The van der Waals surface area contributed by atoms with Gasteiger partial charge in [-0.15, -0.1) is 0 Å². The molecule has 2 aromatic rings. The molecule has 6 heteroatoms. The Morgan fingerprint density at radius 2 is 2.39 bits per heavy atom. The van der Waals surface area contributed by atoms with Gasteiger partial charge in [-0.2, -0.15) is 5.10 Å². The van der Waals surface area contributed by atoms with E-state index in [1.54, 1.807) is 12.3 Å². The van der Waals surface area contributed by atoms with E-state index >= 15 is 0 Å². The Morgan fingerprint density at radius 1 is 1.44 bits per heavy atom. The van der Waals surface area contributed by atoms with Gasteiger partial charge < -0.3 is 9.88 Å². The Bertz CT molecular complexity index is 505. The number of likely N-dealkylation sites (tertiary alicyclic amines) is 1. The third-order valence-electron chi connectivity index (χ3n) is 3.34. The second-order valence-corrected chi connectivity index (χ2v) is 4.46. The molecule has 1 aliphatic heterocycles. The van der Waals surface area contributed by atoms with E-state index in [9.17, 15) is 4.79 Å². The quantitative estimate of drug-likeness (QED) is 0.841. The lowest BCUT2D eigenvalue weighted by Gasteiger charge is -2.34. The summed E-state index contributed by atoms with van der Waals surface area (Å²) in [5.74, 6) is 0.802. The molecule has 1 aliphatic rings. The van der Waals surface area contributed by atoms with Gasteiger partial charge in [-0.1, -0.05) is 0 Å². The Kier molecular flexibility index (Phi) is 2.84. The fourth-order valence-corrected chi connectivity index (χ4v) is 2.45. The zero-order chi connectivity index (χ0) is 12.4. The van der Waals surface area contributed by atoms with Gasteiger partial charge in [-0.05, 0) is 31.4 Å². The van der Waals surface area contributed by atoms with Crippen LogP contribution in [0.2, 0.25) is 0 Å². The molecule has 2 aromatic heterocycles. The van der Waals surface area contributed by atoms with E-state index in [0.717, 1.165) is 31.6 Å². The highest BCUT2D eigenvalue weighted by Crippen LogP contribution is 2.29. The Hall–Kier alpha value is -2.11. The Labute approximate surface area is 104 Å². The monoisotopic (exact) mass is 245 g/mol. The highest BCUT2D eigenvalue weighted by atomic mass is 16.2. The van der Waals surface area contributed by atoms with Gasteiger partial charge in [0.2, 0.25) is 0 Å². The van der Waals surface area contributed by atoms with Crippen LogP contribution in [0.15, 0.2) is 24.7 Å². The third kappa shape index (κ3) is 1.90. The average Bonchev–Trinajstić information content (AvgIpc) is 3.11. The van der Waals surface area contributed by atoms with E-state index in [0.29, 0.717) is 5.69 Å². The summed E-state index contributed by atoms with van der Waals surface area (Å²) in [6, 6.07) is 3.65. The summed E-state index contributed by atoms with van der Waals surface area (Å²) in [5, 5.41) is 6.74. The second kappa shape index (κ2) is 4.64. The minimum absolute atomic E-state index is 0.0112. The van der Waals surface area contributed by atoms with E-state index in [-0.39, 0.29) is 11.9 Å². The van der Waals surface area contributed by atoms with E-state index in [1.807, 2.05) is 11.0 Å². The molecule has 0 aliphatic carbocycles. The number of nitrogens with zero attached hydrogens (tertiary/aromatic N) is 3. The van der Waals surface area contributed by atoms with Crippen molar-refractivity contribution in [3.63, 3.8) is 0 Å². The molecular weight excluding hydrogens is 230 g/mol. The molecule has 18 heavy (non-hydrogen) atoms. The predicted octanol–water partition coefficient (Wildman–Crippen LogP) is 1.50. The first-order chi connectivity index (χ1) is 8.86. The Balaban J connectivity index is 1.86. The first-order valence-electron chi connectivity index (χ1n) is 6.16. The molecule has 1 fully saturated rings. The van der Waals surface area contributed by atoms with Gasteiger partial charge in [0.1, 0.15) is 17.8 Å². The van der Waals surface area contributed by atoms with Gasteiger partial charge in [0.15, 0.2) is 0 Å². The highest BCUT2D eigenvalue weighted by molar-refractivity contribution is 5.92. The number of H-pyrrole nitrogens is 2. The summed E-state index contributed by atoms with van der Waals surface area (Å²) in [6.07, 6.45) is 6.33. The van der Waals surface area contributed by atoms with Crippen molar-refractivity contribution in [1.29, 1.82) is 0 Å². The lowest BCUT2D eigenvalue weighted by Crippen LogP contribution is -2.39. The number of aromatic amines is 2. The predicted molar refractivity (Wildman–Crippen MR) is 64.8 cm³/mol. The van der Waals surface area contributed by atoms with Crippen molar-refractivity contribution in [2.75, 3.05) is 6.54 Å². The summed E-state index contributed by atoms with van der Waals surface area (Å²) >= 11 is 0. The maximum atomic E-state index is 12.4. The summed E-state index contributed by atoms with van der Waals surface area (Å²) in [5.41, 5.74) is 0.626. The molecule has 0 saturated carbocycles. The van der Waals surface area contributed by atoms with Crippen molar-refractivity contribution in [3.8, 4) is 0 Å². The Morgan fingerprint density at radius 3 is 3.11 bits per heavy atom. The van der Waals surface area contributed by atoms with Gasteiger partial charge in [0, 0.05) is 12.7 Å². The summed E-state index contributed by atoms with van der Waals surface area (Å²) in [6.45, 7) is 0.767.